The highest BCUT2D eigenvalue weighted by Crippen LogP contribution is 2.53. The monoisotopic (exact) mass is 491 g/mol. The summed E-state index contributed by atoms with van der Waals surface area (Å²) in [6, 6.07) is 4.35. The minimum absolute atomic E-state index is 0.0378. The number of nitrogens with zero attached hydrogens (tertiary/aromatic N) is 4. The first kappa shape index (κ1) is 23.8. The Bertz CT molecular complexity index is 1230. The molecule has 0 aromatic carbocycles. The van der Waals surface area contributed by atoms with Gasteiger partial charge in [0.05, 0.1) is 22.4 Å². The van der Waals surface area contributed by atoms with Crippen molar-refractivity contribution in [3.05, 3.63) is 39.5 Å². The molecule has 2 fully saturated rings. The van der Waals surface area contributed by atoms with E-state index >= 15 is 0 Å². The highest BCUT2D eigenvalue weighted by molar-refractivity contribution is 7.16. The van der Waals surface area contributed by atoms with Crippen molar-refractivity contribution in [2.75, 3.05) is 30.3 Å². The average molecular weight is 492 g/mol. The average Bonchev–Trinajstić information content (AvgIpc) is 3.03. The summed E-state index contributed by atoms with van der Waals surface area (Å²) in [4.78, 5) is 26.9. The van der Waals surface area contributed by atoms with Crippen LogP contribution in [0.15, 0.2) is 17.8 Å². The Balaban J connectivity index is 1.58. The lowest BCUT2D eigenvalue weighted by Crippen LogP contribution is -2.45. The van der Waals surface area contributed by atoms with Crippen molar-refractivity contribution in [1.82, 2.24) is 15.3 Å². The highest BCUT2D eigenvalue weighted by Gasteiger charge is 2.51. The van der Waals surface area contributed by atoms with E-state index in [0.29, 0.717) is 46.3 Å². The number of carbonyl (C=O) groups excluding carboxylic acids is 1. The third kappa shape index (κ3) is 3.99. The first-order valence-corrected chi connectivity index (χ1v) is 13.3. The summed E-state index contributed by atoms with van der Waals surface area (Å²) >= 11 is 1.46. The number of rotatable bonds is 2. The van der Waals surface area contributed by atoms with Crippen LogP contribution in [0.25, 0.3) is 5.70 Å². The van der Waals surface area contributed by atoms with Crippen LogP contribution in [0.3, 0.4) is 0 Å². The number of aryl methyl sites for hydroxylation is 1. The first-order valence-electron chi connectivity index (χ1n) is 12.5. The standard InChI is InChI=1S/C26H33N7OS/c1-15-11-17(22(28)19-6-9-31-25(32-19)33-10-4-8-30-14-16(33)2)23(34)26(12-15)7-3-5-20-21(26)18(13-27)24(29)35-20/h6,9,15-16,30H,3-5,7-8,10-12,14,28-29H2,1-2H3/t15?,16-,26?/m0/s1. The number of hydrogen-bond acceptors (Lipinski definition) is 9. The maximum absolute atomic E-state index is 14.2. The molecule has 0 bridgehead atoms. The molecular formula is C26H33N7OS. The predicted molar refractivity (Wildman–Crippen MR) is 139 cm³/mol. The van der Waals surface area contributed by atoms with Gasteiger partial charge in [-0.3, -0.25) is 4.79 Å². The molecule has 35 heavy (non-hydrogen) atoms. The van der Waals surface area contributed by atoms with E-state index in [1.807, 2.05) is 0 Å². The van der Waals surface area contributed by atoms with Gasteiger partial charge in [-0.1, -0.05) is 6.92 Å². The van der Waals surface area contributed by atoms with Crippen LogP contribution in [-0.4, -0.2) is 41.4 Å². The molecule has 2 aromatic heterocycles. The Morgan fingerprint density at radius 3 is 3.00 bits per heavy atom. The minimum atomic E-state index is -0.731. The van der Waals surface area contributed by atoms with Gasteiger partial charge in [-0.15, -0.1) is 11.3 Å². The zero-order valence-corrected chi connectivity index (χ0v) is 21.2. The smallest absolute Gasteiger partial charge is 0.226 e. The van der Waals surface area contributed by atoms with Crippen LogP contribution >= 0.6 is 11.3 Å². The number of nitrogen functional groups attached to an aromatic ring is 1. The van der Waals surface area contributed by atoms with E-state index in [9.17, 15) is 10.1 Å². The lowest BCUT2D eigenvalue weighted by molar-refractivity contribution is -0.123. The third-order valence-electron chi connectivity index (χ3n) is 7.79. The molecule has 9 heteroatoms. The molecular weight excluding hydrogens is 458 g/mol. The molecule has 5 rings (SSSR count). The van der Waals surface area contributed by atoms with E-state index in [1.165, 1.54) is 11.3 Å². The van der Waals surface area contributed by atoms with E-state index < -0.39 is 5.41 Å². The van der Waals surface area contributed by atoms with Crippen molar-refractivity contribution >= 4 is 33.8 Å². The van der Waals surface area contributed by atoms with Crippen LogP contribution in [0.1, 0.15) is 67.6 Å². The molecule has 0 radical (unpaired) electrons. The molecule has 1 spiro atoms. The summed E-state index contributed by atoms with van der Waals surface area (Å²) in [5, 5.41) is 13.8. The van der Waals surface area contributed by atoms with Crippen LogP contribution in [-0.2, 0) is 16.6 Å². The second kappa shape index (κ2) is 9.25. The second-order valence-electron chi connectivity index (χ2n) is 10.3. The summed E-state index contributed by atoms with van der Waals surface area (Å²) < 4.78 is 0. The lowest BCUT2D eigenvalue weighted by atomic mass is 9.58. The third-order valence-corrected chi connectivity index (χ3v) is 8.87. The number of Topliss-reactive ketones (excluding diaryl/α,β-unsaturated/α-hetero) is 1. The maximum atomic E-state index is 14.2. The van der Waals surface area contributed by atoms with Gasteiger partial charge in [0.2, 0.25) is 5.95 Å². The van der Waals surface area contributed by atoms with Gasteiger partial charge in [0, 0.05) is 35.8 Å². The van der Waals surface area contributed by atoms with Gasteiger partial charge in [0.1, 0.15) is 11.1 Å². The molecule has 1 saturated carbocycles. The lowest BCUT2D eigenvalue weighted by Gasteiger charge is -2.43. The fourth-order valence-electron chi connectivity index (χ4n) is 6.22. The molecule has 3 heterocycles. The molecule has 2 aromatic rings. The summed E-state index contributed by atoms with van der Waals surface area (Å²) in [6.45, 7) is 7.03. The topological polar surface area (TPSA) is 134 Å². The minimum Gasteiger partial charge on any atom is -0.397 e. The van der Waals surface area contributed by atoms with Crippen LogP contribution < -0.4 is 21.7 Å². The van der Waals surface area contributed by atoms with E-state index in [1.54, 1.807) is 12.3 Å². The Hall–Kier alpha value is -2.96. The summed E-state index contributed by atoms with van der Waals surface area (Å²) in [6.07, 6.45) is 6.55. The number of hydrogen-bond donors (Lipinski definition) is 3. The van der Waals surface area contributed by atoms with Gasteiger partial charge >= 0.3 is 0 Å². The first-order chi connectivity index (χ1) is 16.9. The number of anilines is 2. The Kier molecular flexibility index (Phi) is 6.28. The molecule has 3 atom stereocenters. The number of nitrogens with two attached hydrogens (primary N) is 2. The second-order valence-corrected chi connectivity index (χ2v) is 11.4. The molecule has 5 N–H and O–H groups in total. The van der Waals surface area contributed by atoms with Crippen molar-refractivity contribution in [3.63, 3.8) is 0 Å². The number of allylic oxidation sites excluding steroid dienone is 1. The van der Waals surface area contributed by atoms with E-state index in [4.69, 9.17) is 16.5 Å². The van der Waals surface area contributed by atoms with Crippen molar-refractivity contribution < 1.29 is 4.79 Å². The van der Waals surface area contributed by atoms with Gasteiger partial charge in [-0.2, -0.15) is 5.26 Å². The Labute approximate surface area is 210 Å². The SMILES string of the molecule is CC1CC(=C(N)c2ccnc(N3CCCNC[C@@H]3C)n2)C(=O)C2(CCCc3sc(N)c(C#N)c32)C1. The molecule has 2 aliphatic carbocycles. The molecule has 1 aliphatic heterocycles. The normalized spacial score (nSPS) is 28.4. The van der Waals surface area contributed by atoms with Crippen molar-refractivity contribution in [2.45, 2.75) is 63.8 Å². The van der Waals surface area contributed by atoms with Crippen molar-refractivity contribution in [2.24, 2.45) is 11.7 Å². The highest BCUT2D eigenvalue weighted by atomic mass is 32.1. The van der Waals surface area contributed by atoms with Gasteiger partial charge in [0.25, 0.3) is 0 Å². The Morgan fingerprint density at radius 1 is 1.37 bits per heavy atom. The summed E-state index contributed by atoms with van der Waals surface area (Å²) in [5.74, 6) is 0.930. The zero-order valence-electron chi connectivity index (χ0n) is 20.4. The number of aromatic nitrogens is 2. The molecule has 184 valence electrons. The van der Waals surface area contributed by atoms with Crippen molar-refractivity contribution in [3.8, 4) is 6.07 Å². The quantitative estimate of drug-likeness (QED) is 0.546. The number of fused-ring (bicyclic) bond motifs is 2. The van der Waals surface area contributed by atoms with Crippen LogP contribution in [0, 0.1) is 17.2 Å². The largest absolute Gasteiger partial charge is 0.397 e. The fraction of sp³-hybridized carbons (Fsp3) is 0.538. The van der Waals surface area contributed by atoms with Crippen LogP contribution in [0.2, 0.25) is 0 Å². The molecule has 2 unspecified atom stereocenters. The van der Waals surface area contributed by atoms with Gasteiger partial charge in [0.15, 0.2) is 5.78 Å². The van der Waals surface area contributed by atoms with Gasteiger partial charge in [-0.05, 0) is 69.5 Å². The van der Waals surface area contributed by atoms with Crippen LogP contribution in [0.5, 0.6) is 0 Å². The molecule has 1 saturated heterocycles. The Morgan fingerprint density at radius 2 is 2.20 bits per heavy atom. The van der Waals surface area contributed by atoms with E-state index in [0.717, 1.165) is 55.8 Å². The summed E-state index contributed by atoms with van der Waals surface area (Å²) in [5.41, 5.74) is 15.2. The number of ketones is 1. The van der Waals surface area contributed by atoms with Gasteiger partial charge in [-0.25, -0.2) is 9.97 Å². The van der Waals surface area contributed by atoms with Crippen LogP contribution in [0.4, 0.5) is 10.9 Å². The molecule has 3 aliphatic rings. The zero-order chi connectivity index (χ0) is 24.7. The molecule has 0 amide bonds. The molecule has 8 nitrogen and oxygen atoms in total. The number of thiophene rings is 1. The van der Waals surface area contributed by atoms with E-state index in [2.05, 4.69) is 35.1 Å². The maximum Gasteiger partial charge on any atom is 0.226 e. The number of carbonyl (C=O) groups is 1. The van der Waals surface area contributed by atoms with E-state index in [-0.39, 0.29) is 17.7 Å². The number of nitrogens with one attached hydrogen (secondary N) is 1. The predicted octanol–water partition coefficient (Wildman–Crippen LogP) is 3.12. The van der Waals surface area contributed by atoms with Crippen molar-refractivity contribution in [1.29, 1.82) is 5.26 Å². The number of nitriles is 1. The fourth-order valence-corrected chi connectivity index (χ4v) is 7.39. The van der Waals surface area contributed by atoms with Gasteiger partial charge < -0.3 is 21.7 Å². The summed E-state index contributed by atoms with van der Waals surface area (Å²) in [7, 11) is 0.